The third-order valence-electron chi connectivity index (χ3n) is 3.36. The zero-order valence-corrected chi connectivity index (χ0v) is 12.6. The van der Waals surface area contributed by atoms with Crippen LogP contribution >= 0.6 is 0 Å². The van der Waals surface area contributed by atoms with Gasteiger partial charge in [0.05, 0.1) is 17.4 Å². The highest BCUT2D eigenvalue weighted by Gasteiger charge is 2.23. The van der Waals surface area contributed by atoms with Crippen LogP contribution in [0.3, 0.4) is 0 Å². The molecule has 1 atom stereocenters. The Morgan fingerprint density at radius 2 is 2.05 bits per heavy atom. The van der Waals surface area contributed by atoms with Gasteiger partial charge in [0, 0.05) is 18.9 Å². The summed E-state index contributed by atoms with van der Waals surface area (Å²) in [5, 5.41) is 16.9. The molecule has 2 rings (SSSR count). The summed E-state index contributed by atoms with van der Waals surface area (Å²) in [5.41, 5.74) is 0.974. The van der Waals surface area contributed by atoms with Crippen molar-refractivity contribution in [2.75, 3.05) is 6.54 Å². The van der Waals surface area contributed by atoms with Gasteiger partial charge in [-0.2, -0.15) is 5.10 Å². The fraction of sp³-hybridized carbons (Fsp3) is 0.375. The van der Waals surface area contributed by atoms with Gasteiger partial charge in [-0.15, -0.1) is 0 Å². The monoisotopic (exact) mass is 287 g/mol. The number of benzene rings is 1. The van der Waals surface area contributed by atoms with Crippen molar-refractivity contribution in [3.63, 3.8) is 0 Å². The number of rotatable bonds is 4. The van der Waals surface area contributed by atoms with Crippen LogP contribution in [-0.2, 0) is 0 Å². The fourth-order valence-corrected chi connectivity index (χ4v) is 1.87. The van der Waals surface area contributed by atoms with E-state index in [0.29, 0.717) is 11.3 Å². The van der Waals surface area contributed by atoms with Crippen LogP contribution in [0.4, 0.5) is 0 Å². The van der Waals surface area contributed by atoms with E-state index in [0.717, 1.165) is 0 Å². The Balaban J connectivity index is 2.14. The van der Waals surface area contributed by atoms with Crippen LogP contribution in [-0.4, -0.2) is 33.4 Å². The lowest BCUT2D eigenvalue weighted by atomic mass is 9.89. The number of hydrogen-bond acceptors (Lipinski definition) is 3. The number of aliphatic hydroxyl groups is 1. The molecular weight excluding hydrogens is 266 g/mol. The second kappa shape index (κ2) is 6.10. The van der Waals surface area contributed by atoms with Crippen molar-refractivity contribution in [1.82, 2.24) is 15.1 Å². The minimum Gasteiger partial charge on any atom is -0.391 e. The number of nitrogens with one attached hydrogen (secondary N) is 1. The molecule has 5 heteroatoms. The minimum absolute atomic E-state index is 0.218. The van der Waals surface area contributed by atoms with E-state index < -0.39 is 6.10 Å². The van der Waals surface area contributed by atoms with Crippen molar-refractivity contribution in [3.8, 4) is 5.69 Å². The first kappa shape index (κ1) is 15.3. The SMILES string of the molecule is CC(C)(C)C(O)CNC(=O)c1ccccc1-n1cccn1. The Kier molecular flexibility index (Phi) is 4.43. The van der Waals surface area contributed by atoms with Crippen molar-refractivity contribution < 1.29 is 9.90 Å². The van der Waals surface area contributed by atoms with E-state index in [1.165, 1.54) is 0 Å². The quantitative estimate of drug-likeness (QED) is 0.904. The van der Waals surface area contributed by atoms with Gasteiger partial charge in [0.15, 0.2) is 0 Å². The number of aromatic nitrogens is 2. The molecule has 0 bridgehead atoms. The number of aliphatic hydroxyl groups excluding tert-OH is 1. The molecule has 0 saturated carbocycles. The Bertz CT molecular complexity index is 600. The van der Waals surface area contributed by atoms with Crippen LogP contribution in [0.25, 0.3) is 5.69 Å². The van der Waals surface area contributed by atoms with Gasteiger partial charge in [-0.05, 0) is 23.6 Å². The predicted molar refractivity (Wildman–Crippen MR) is 81.4 cm³/mol. The molecular formula is C16H21N3O2. The van der Waals surface area contributed by atoms with Gasteiger partial charge in [-0.1, -0.05) is 32.9 Å². The van der Waals surface area contributed by atoms with Gasteiger partial charge in [0.2, 0.25) is 0 Å². The molecule has 0 aliphatic heterocycles. The second-order valence-corrected chi connectivity index (χ2v) is 6.06. The Morgan fingerprint density at radius 3 is 2.67 bits per heavy atom. The van der Waals surface area contributed by atoms with Crippen LogP contribution in [0.1, 0.15) is 31.1 Å². The lowest BCUT2D eigenvalue weighted by Crippen LogP contribution is -2.39. The molecule has 112 valence electrons. The summed E-state index contributed by atoms with van der Waals surface area (Å²) in [5.74, 6) is -0.218. The average Bonchev–Trinajstić information content (AvgIpc) is 2.97. The molecule has 0 aliphatic rings. The zero-order valence-electron chi connectivity index (χ0n) is 12.6. The van der Waals surface area contributed by atoms with Crippen LogP contribution in [0.15, 0.2) is 42.7 Å². The lowest BCUT2D eigenvalue weighted by Gasteiger charge is -2.26. The Morgan fingerprint density at radius 1 is 1.33 bits per heavy atom. The minimum atomic E-state index is -0.599. The third-order valence-corrected chi connectivity index (χ3v) is 3.36. The van der Waals surface area contributed by atoms with E-state index in [4.69, 9.17) is 0 Å². The summed E-state index contributed by atoms with van der Waals surface area (Å²) in [6, 6.07) is 9.05. The Hall–Kier alpha value is -2.14. The summed E-state index contributed by atoms with van der Waals surface area (Å²) < 4.78 is 1.65. The molecule has 1 heterocycles. The highest BCUT2D eigenvalue weighted by molar-refractivity contribution is 5.97. The van der Waals surface area contributed by atoms with Gasteiger partial charge in [-0.3, -0.25) is 4.79 Å². The predicted octanol–water partition coefficient (Wildman–Crippen LogP) is 2.01. The summed E-state index contributed by atoms with van der Waals surface area (Å²) in [6.45, 7) is 6.01. The number of hydrogen-bond donors (Lipinski definition) is 2. The number of nitrogens with zero attached hydrogens (tertiary/aromatic N) is 2. The number of carbonyl (C=O) groups excluding carboxylic acids is 1. The topological polar surface area (TPSA) is 67.2 Å². The lowest BCUT2D eigenvalue weighted by molar-refractivity contribution is 0.0587. The first-order chi connectivity index (χ1) is 9.89. The van der Waals surface area contributed by atoms with Crippen LogP contribution in [0.2, 0.25) is 0 Å². The molecule has 1 amide bonds. The standard InChI is InChI=1S/C16H21N3O2/c1-16(2,3)14(20)11-17-15(21)12-7-4-5-8-13(12)19-10-6-9-18-19/h4-10,14,20H,11H2,1-3H3,(H,17,21). The van der Waals surface area contributed by atoms with Gasteiger partial charge in [0.1, 0.15) is 0 Å². The molecule has 1 unspecified atom stereocenters. The molecule has 2 aromatic rings. The molecule has 5 nitrogen and oxygen atoms in total. The van der Waals surface area contributed by atoms with Crippen molar-refractivity contribution >= 4 is 5.91 Å². The second-order valence-electron chi connectivity index (χ2n) is 6.06. The first-order valence-corrected chi connectivity index (χ1v) is 6.95. The smallest absolute Gasteiger partial charge is 0.253 e. The zero-order chi connectivity index (χ0) is 15.5. The van der Waals surface area contributed by atoms with Crippen LogP contribution < -0.4 is 5.32 Å². The first-order valence-electron chi connectivity index (χ1n) is 6.95. The maximum Gasteiger partial charge on any atom is 0.253 e. The molecule has 2 N–H and O–H groups in total. The molecule has 1 aromatic heterocycles. The van der Waals surface area contributed by atoms with Gasteiger partial charge in [-0.25, -0.2) is 4.68 Å². The van der Waals surface area contributed by atoms with E-state index in [1.54, 1.807) is 29.2 Å². The Labute approximate surface area is 124 Å². The fourth-order valence-electron chi connectivity index (χ4n) is 1.87. The summed E-state index contributed by atoms with van der Waals surface area (Å²) in [4.78, 5) is 12.3. The molecule has 0 saturated heterocycles. The molecule has 0 spiro atoms. The maximum absolute atomic E-state index is 12.3. The van der Waals surface area contributed by atoms with Crippen LogP contribution in [0, 0.1) is 5.41 Å². The summed E-state index contributed by atoms with van der Waals surface area (Å²) >= 11 is 0. The average molecular weight is 287 g/mol. The maximum atomic E-state index is 12.3. The van der Waals surface area contributed by atoms with E-state index in [1.807, 2.05) is 39.0 Å². The molecule has 0 radical (unpaired) electrons. The largest absolute Gasteiger partial charge is 0.391 e. The number of carbonyl (C=O) groups is 1. The van der Waals surface area contributed by atoms with Crippen molar-refractivity contribution in [1.29, 1.82) is 0 Å². The van der Waals surface area contributed by atoms with Gasteiger partial charge in [0.25, 0.3) is 5.91 Å². The van der Waals surface area contributed by atoms with Crippen molar-refractivity contribution in [3.05, 3.63) is 48.3 Å². The third kappa shape index (κ3) is 3.70. The van der Waals surface area contributed by atoms with Crippen molar-refractivity contribution in [2.45, 2.75) is 26.9 Å². The number of amides is 1. The summed E-state index contributed by atoms with van der Waals surface area (Å²) in [6.07, 6.45) is 2.85. The van der Waals surface area contributed by atoms with Gasteiger partial charge < -0.3 is 10.4 Å². The van der Waals surface area contributed by atoms with Gasteiger partial charge >= 0.3 is 0 Å². The van der Waals surface area contributed by atoms with E-state index in [2.05, 4.69) is 10.4 Å². The van der Waals surface area contributed by atoms with Crippen LogP contribution in [0.5, 0.6) is 0 Å². The molecule has 21 heavy (non-hydrogen) atoms. The van der Waals surface area contributed by atoms with E-state index >= 15 is 0 Å². The van der Waals surface area contributed by atoms with E-state index in [9.17, 15) is 9.90 Å². The molecule has 0 aliphatic carbocycles. The highest BCUT2D eigenvalue weighted by Crippen LogP contribution is 2.18. The van der Waals surface area contributed by atoms with Crippen molar-refractivity contribution in [2.24, 2.45) is 5.41 Å². The highest BCUT2D eigenvalue weighted by atomic mass is 16.3. The molecule has 0 fully saturated rings. The molecule has 1 aromatic carbocycles. The normalized spacial score (nSPS) is 13.0. The number of para-hydroxylation sites is 1. The van der Waals surface area contributed by atoms with E-state index in [-0.39, 0.29) is 17.9 Å². The summed E-state index contributed by atoms with van der Waals surface area (Å²) in [7, 11) is 0.